The van der Waals surface area contributed by atoms with Crippen LogP contribution in [0, 0.1) is 0 Å². The van der Waals surface area contributed by atoms with E-state index in [1.807, 2.05) is 25.1 Å². The van der Waals surface area contributed by atoms with Gasteiger partial charge in [0.1, 0.15) is 13.2 Å². The van der Waals surface area contributed by atoms with Crippen LogP contribution in [0.4, 0.5) is 0 Å². The van der Waals surface area contributed by atoms with E-state index >= 15 is 0 Å². The van der Waals surface area contributed by atoms with Gasteiger partial charge in [-0.1, -0.05) is 6.07 Å². The summed E-state index contributed by atoms with van der Waals surface area (Å²) in [4.78, 5) is 16.9. The number of fused-ring (bicyclic) bond motifs is 1. The molecule has 1 fully saturated rings. The van der Waals surface area contributed by atoms with Crippen molar-refractivity contribution >= 4 is 5.91 Å². The highest BCUT2D eigenvalue weighted by atomic mass is 16.6. The fraction of sp³-hybridized carbons (Fsp3) is 0.611. The van der Waals surface area contributed by atoms with Crippen molar-refractivity contribution in [1.82, 2.24) is 15.1 Å². The Morgan fingerprint density at radius 1 is 1.29 bits per heavy atom. The van der Waals surface area contributed by atoms with Crippen LogP contribution in [0.1, 0.15) is 25.5 Å². The van der Waals surface area contributed by atoms with Crippen LogP contribution in [-0.2, 0) is 4.79 Å². The van der Waals surface area contributed by atoms with Crippen molar-refractivity contribution in [3.05, 3.63) is 23.8 Å². The van der Waals surface area contributed by atoms with E-state index in [0.29, 0.717) is 25.8 Å². The first-order chi connectivity index (χ1) is 11.5. The van der Waals surface area contributed by atoms with Gasteiger partial charge in [0.2, 0.25) is 5.91 Å². The maximum atomic E-state index is 12.4. The van der Waals surface area contributed by atoms with E-state index in [1.165, 1.54) is 0 Å². The third-order valence-corrected chi connectivity index (χ3v) is 4.76. The maximum Gasteiger partial charge on any atom is 0.234 e. The van der Waals surface area contributed by atoms with Gasteiger partial charge < -0.3 is 19.7 Å². The van der Waals surface area contributed by atoms with E-state index in [0.717, 1.165) is 36.7 Å². The fourth-order valence-corrected chi connectivity index (χ4v) is 3.30. The first-order valence-electron chi connectivity index (χ1n) is 8.64. The molecule has 0 bridgehead atoms. The minimum absolute atomic E-state index is 0.0592. The summed E-state index contributed by atoms with van der Waals surface area (Å²) >= 11 is 0. The Balaban J connectivity index is 1.56. The summed E-state index contributed by atoms with van der Waals surface area (Å²) in [7, 11) is 2.12. The molecule has 0 spiro atoms. The second-order valence-corrected chi connectivity index (χ2v) is 6.77. The summed E-state index contributed by atoms with van der Waals surface area (Å²) in [6.07, 6.45) is 0. The van der Waals surface area contributed by atoms with Crippen molar-refractivity contribution < 1.29 is 14.3 Å². The number of benzene rings is 1. The zero-order valence-corrected chi connectivity index (χ0v) is 14.7. The first-order valence-corrected chi connectivity index (χ1v) is 8.64. The molecule has 1 aromatic carbocycles. The Morgan fingerprint density at radius 2 is 2.04 bits per heavy atom. The first kappa shape index (κ1) is 17.0. The quantitative estimate of drug-likeness (QED) is 0.899. The van der Waals surface area contributed by atoms with E-state index in [-0.39, 0.29) is 11.9 Å². The lowest BCUT2D eigenvalue weighted by atomic mass is 10.1. The molecule has 2 aliphatic heterocycles. The lowest BCUT2D eigenvalue weighted by molar-refractivity contribution is -0.124. The Kier molecular flexibility index (Phi) is 5.26. The van der Waals surface area contributed by atoms with Gasteiger partial charge in [-0.05, 0) is 38.6 Å². The average Bonchev–Trinajstić information content (AvgIpc) is 2.57. The Bertz CT molecular complexity index is 593. The largest absolute Gasteiger partial charge is 0.486 e. The summed E-state index contributed by atoms with van der Waals surface area (Å²) in [5, 5.41) is 3.09. The molecule has 0 unspecified atom stereocenters. The van der Waals surface area contributed by atoms with Crippen molar-refractivity contribution in [2.24, 2.45) is 0 Å². The van der Waals surface area contributed by atoms with E-state index in [4.69, 9.17) is 9.47 Å². The highest BCUT2D eigenvalue weighted by molar-refractivity contribution is 5.78. The van der Waals surface area contributed by atoms with Gasteiger partial charge in [0.25, 0.3) is 0 Å². The van der Waals surface area contributed by atoms with Crippen LogP contribution < -0.4 is 14.8 Å². The van der Waals surface area contributed by atoms with Crippen molar-refractivity contribution in [3.63, 3.8) is 0 Å². The number of likely N-dealkylation sites (N-methyl/N-ethyl adjacent to an activating group) is 1. The molecule has 0 radical (unpaired) electrons. The van der Waals surface area contributed by atoms with Crippen molar-refractivity contribution in [1.29, 1.82) is 0 Å². The summed E-state index contributed by atoms with van der Waals surface area (Å²) in [5.41, 5.74) is 1.03. The van der Waals surface area contributed by atoms with Gasteiger partial charge in [-0.25, -0.2) is 0 Å². The maximum absolute atomic E-state index is 12.4. The van der Waals surface area contributed by atoms with E-state index < -0.39 is 0 Å². The standard InChI is InChI=1S/C18H27N3O3/c1-13-11-20(3)6-7-21(13)12-18(22)19-14(2)15-4-5-16-17(10-15)24-9-8-23-16/h4-5,10,13-14H,6-9,11-12H2,1-3H3,(H,19,22)/t13-,14-/m0/s1. The highest BCUT2D eigenvalue weighted by Crippen LogP contribution is 2.32. The molecule has 0 aromatic heterocycles. The average molecular weight is 333 g/mol. The Labute approximate surface area is 143 Å². The molecule has 1 N–H and O–H groups in total. The molecule has 24 heavy (non-hydrogen) atoms. The Morgan fingerprint density at radius 3 is 2.79 bits per heavy atom. The number of rotatable bonds is 4. The minimum atomic E-state index is -0.0592. The van der Waals surface area contributed by atoms with Crippen molar-refractivity contribution in [2.45, 2.75) is 25.9 Å². The number of nitrogens with zero attached hydrogens (tertiary/aromatic N) is 2. The number of hydrogen-bond acceptors (Lipinski definition) is 5. The van der Waals surface area contributed by atoms with Gasteiger partial charge in [0.15, 0.2) is 11.5 Å². The van der Waals surface area contributed by atoms with Crippen LogP contribution >= 0.6 is 0 Å². The SMILES string of the molecule is C[C@H](NC(=O)CN1CCN(C)C[C@@H]1C)c1ccc2c(c1)OCCO2. The highest BCUT2D eigenvalue weighted by Gasteiger charge is 2.24. The zero-order valence-electron chi connectivity index (χ0n) is 14.7. The van der Waals surface area contributed by atoms with Gasteiger partial charge in [-0.2, -0.15) is 0 Å². The normalized spacial score (nSPS) is 22.9. The summed E-state index contributed by atoms with van der Waals surface area (Å²) < 4.78 is 11.2. The second-order valence-electron chi connectivity index (χ2n) is 6.77. The molecule has 6 heteroatoms. The molecular weight excluding hydrogens is 306 g/mol. The summed E-state index contributed by atoms with van der Waals surface area (Å²) in [5.74, 6) is 1.59. The van der Waals surface area contributed by atoms with E-state index in [1.54, 1.807) is 0 Å². The van der Waals surface area contributed by atoms with Crippen molar-refractivity contribution in [2.75, 3.05) is 46.4 Å². The molecule has 132 valence electrons. The van der Waals surface area contributed by atoms with Gasteiger partial charge in [-0.15, -0.1) is 0 Å². The molecule has 6 nitrogen and oxygen atoms in total. The summed E-state index contributed by atoms with van der Waals surface area (Å²) in [6, 6.07) is 6.19. The lowest BCUT2D eigenvalue weighted by Crippen LogP contribution is -2.53. The summed E-state index contributed by atoms with van der Waals surface area (Å²) in [6.45, 7) is 8.72. The molecule has 0 aliphatic carbocycles. The molecule has 1 aromatic rings. The van der Waals surface area contributed by atoms with Crippen LogP contribution in [0.2, 0.25) is 0 Å². The smallest absolute Gasteiger partial charge is 0.234 e. The minimum Gasteiger partial charge on any atom is -0.486 e. The molecule has 1 amide bonds. The van der Waals surface area contributed by atoms with Gasteiger partial charge in [-0.3, -0.25) is 9.69 Å². The molecular formula is C18H27N3O3. The number of hydrogen-bond donors (Lipinski definition) is 1. The lowest BCUT2D eigenvalue weighted by Gasteiger charge is -2.37. The topological polar surface area (TPSA) is 54.0 Å². The zero-order chi connectivity index (χ0) is 17.1. The number of nitrogens with one attached hydrogen (secondary N) is 1. The molecule has 3 rings (SSSR count). The van der Waals surface area contributed by atoms with E-state index in [2.05, 4.69) is 29.1 Å². The predicted molar refractivity (Wildman–Crippen MR) is 92.5 cm³/mol. The fourth-order valence-electron chi connectivity index (χ4n) is 3.30. The van der Waals surface area contributed by atoms with Crippen LogP contribution in [-0.4, -0.2) is 68.2 Å². The van der Waals surface area contributed by atoms with Crippen LogP contribution in [0.5, 0.6) is 11.5 Å². The van der Waals surface area contributed by atoms with E-state index in [9.17, 15) is 4.79 Å². The van der Waals surface area contributed by atoms with Crippen molar-refractivity contribution in [3.8, 4) is 11.5 Å². The van der Waals surface area contributed by atoms with Crippen LogP contribution in [0.15, 0.2) is 18.2 Å². The molecule has 2 heterocycles. The van der Waals surface area contributed by atoms with Gasteiger partial charge in [0.05, 0.1) is 12.6 Å². The second kappa shape index (κ2) is 7.40. The monoisotopic (exact) mass is 333 g/mol. The number of carbonyl (C=O) groups excluding carboxylic acids is 1. The number of carbonyl (C=O) groups is 1. The number of piperazine rings is 1. The molecule has 2 aliphatic rings. The molecule has 2 atom stereocenters. The molecule has 0 saturated carbocycles. The third kappa shape index (κ3) is 3.99. The van der Waals surface area contributed by atoms with Crippen LogP contribution in [0.25, 0.3) is 0 Å². The van der Waals surface area contributed by atoms with Gasteiger partial charge >= 0.3 is 0 Å². The third-order valence-electron chi connectivity index (χ3n) is 4.76. The van der Waals surface area contributed by atoms with Crippen LogP contribution in [0.3, 0.4) is 0 Å². The Hall–Kier alpha value is -1.79. The van der Waals surface area contributed by atoms with Gasteiger partial charge in [0, 0.05) is 25.7 Å². The number of ether oxygens (including phenoxy) is 2. The molecule has 1 saturated heterocycles. The predicted octanol–water partition coefficient (Wildman–Crippen LogP) is 1.27. The number of amides is 1.